The van der Waals surface area contributed by atoms with Crippen LogP contribution in [-0.4, -0.2) is 32.4 Å². The summed E-state index contributed by atoms with van der Waals surface area (Å²) < 4.78 is 6.44. The van der Waals surface area contributed by atoms with Crippen molar-refractivity contribution >= 4 is 34.4 Å². The second-order valence-electron chi connectivity index (χ2n) is 7.20. The lowest BCUT2D eigenvalue weighted by Crippen LogP contribution is -2.21. The molecule has 0 spiro atoms. The number of rotatable bonds is 4. The Morgan fingerprint density at radius 1 is 1.12 bits per heavy atom. The summed E-state index contributed by atoms with van der Waals surface area (Å²) in [6.45, 7) is 0.182. The number of hydrogen-bond donors (Lipinski definition) is 2. The molecule has 158 valence electrons. The molecule has 3 aromatic carbocycles. The SMILES string of the molecule is O=C(Nc1ccc(-c2nc3ccc([N+](=O)[O-])cc3n2O)cc1)C1=Cc2ccccc2OC1. The lowest BCUT2D eigenvalue weighted by Gasteiger charge is -2.17. The number of fused-ring (bicyclic) bond motifs is 2. The van der Waals surface area contributed by atoms with Crippen LogP contribution in [0, 0.1) is 10.1 Å². The fourth-order valence-corrected chi connectivity index (χ4v) is 3.51. The van der Waals surface area contributed by atoms with Crippen molar-refractivity contribution in [2.45, 2.75) is 0 Å². The number of benzene rings is 3. The van der Waals surface area contributed by atoms with Gasteiger partial charge in [-0.1, -0.05) is 18.2 Å². The second kappa shape index (κ2) is 7.55. The average Bonchev–Trinajstić information content (AvgIpc) is 3.15. The number of aromatic nitrogens is 2. The molecule has 0 saturated heterocycles. The number of para-hydroxylation sites is 1. The van der Waals surface area contributed by atoms with E-state index in [0.29, 0.717) is 22.3 Å². The molecule has 0 bridgehead atoms. The van der Waals surface area contributed by atoms with Gasteiger partial charge < -0.3 is 15.3 Å². The summed E-state index contributed by atoms with van der Waals surface area (Å²) >= 11 is 0. The van der Waals surface area contributed by atoms with E-state index in [9.17, 15) is 20.1 Å². The molecule has 2 N–H and O–H groups in total. The van der Waals surface area contributed by atoms with Gasteiger partial charge in [-0.25, -0.2) is 4.98 Å². The number of imidazole rings is 1. The summed E-state index contributed by atoms with van der Waals surface area (Å²) in [7, 11) is 0. The van der Waals surface area contributed by atoms with Gasteiger partial charge in [-0.3, -0.25) is 14.9 Å². The van der Waals surface area contributed by atoms with Crippen molar-refractivity contribution in [3.8, 4) is 17.1 Å². The maximum absolute atomic E-state index is 12.6. The van der Waals surface area contributed by atoms with Crippen LogP contribution in [0.15, 0.2) is 72.3 Å². The van der Waals surface area contributed by atoms with Crippen molar-refractivity contribution in [2.75, 3.05) is 11.9 Å². The van der Waals surface area contributed by atoms with E-state index in [0.717, 1.165) is 16.0 Å². The highest BCUT2D eigenvalue weighted by atomic mass is 16.6. The Labute approximate surface area is 181 Å². The van der Waals surface area contributed by atoms with Crippen LogP contribution in [0.3, 0.4) is 0 Å². The van der Waals surface area contributed by atoms with E-state index in [2.05, 4.69) is 10.3 Å². The predicted molar refractivity (Wildman–Crippen MR) is 118 cm³/mol. The Balaban J connectivity index is 1.37. The van der Waals surface area contributed by atoms with Crippen LogP contribution in [0.4, 0.5) is 11.4 Å². The Bertz CT molecular complexity index is 1410. The van der Waals surface area contributed by atoms with Crippen LogP contribution in [0.5, 0.6) is 5.75 Å². The Hall–Kier alpha value is -4.66. The minimum atomic E-state index is -0.533. The van der Waals surface area contributed by atoms with Crippen molar-refractivity contribution in [3.05, 3.63) is 88.0 Å². The zero-order chi connectivity index (χ0) is 22.2. The smallest absolute Gasteiger partial charge is 0.271 e. The van der Waals surface area contributed by atoms with E-state index in [4.69, 9.17) is 4.74 Å². The number of nitrogens with one attached hydrogen (secondary N) is 1. The molecule has 1 aromatic heterocycles. The number of nitro benzene ring substituents is 1. The van der Waals surface area contributed by atoms with Gasteiger partial charge in [-0.05, 0) is 42.5 Å². The largest absolute Gasteiger partial charge is 0.488 e. The zero-order valence-electron chi connectivity index (χ0n) is 16.6. The zero-order valence-corrected chi connectivity index (χ0v) is 16.6. The van der Waals surface area contributed by atoms with Gasteiger partial charge in [-0.2, -0.15) is 4.73 Å². The number of carbonyl (C=O) groups is 1. The second-order valence-corrected chi connectivity index (χ2v) is 7.20. The minimum absolute atomic E-state index is 0.138. The topological polar surface area (TPSA) is 120 Å². The van der Waals surface area contributed by atoms with Gasteiger partial charge in [-0.15, -0.1) is 0 Å². The van der Waals surface area contributed by atoms with E-state index in [1.54, 1.807) is 30.3 Å². The van der Waals surface area contributed by atoms with Crippen molar-refractivity contribution in [3.63, 3.8) is 0 Å². The first-order valence-electron chi connectivity index (χ1n) is 9.70. The fourth-order valence-electron chi connectivity index (χ4n) is 3.51. The van der Waals surface area contributed by atoms with Crippen molar-refractivity contribution in [1.29, 1.82) is 0 Å². The average molecular weight is 428 g/mol. The molecule has 5 rings (SSSR count). The van der Waals surface area contributed by atoms with Crippen LogP contribution < -0.4 is 10.1 Å². The van der Waals surface area contributed by atoms with Crippen molar-refractivity contribution in [2.24, 2.45) is 0 Å². The van der Waals surface area contributed by atoms with Gasteiger partial charge in [0.25, 0.3) is 11.6 Å². The molecular weight excluding hydrogens is 412 g/mol. The molecule has 32 heavy (non-hydrogen) atoms. The van der Waals surface area contributed by atoms with Crippen LogP contribution in [-0.2, 0) is 4.79 Å². The van der Waals surface area contributed by atoms with Gasteiger partial charge in [0.05, 0.1) is 16.0 Å². The molecule has 1 aliphatic heterocycles. The molecule has 1 aliphatic rings. The molecule has 0 unspecified atom stereocenters. The maximum atomic E-state index is 12.6. The molecule has 0 aliphatic carbocycles. The number of ether oxygens (including phenoxy) is 1. The number of non-ortho nitro benzene ring substituents is 1. The fraction of sp³-hybridized carbons (Fsp3) is 0.0435. The standard InChI is InChI=1S/C23H16N4O5/c28-23(16-11-15-3-1-2-4-21(15)32-13-16)24-17-7-5-14(6-8-17)22-25-19-10-9-18(27(30)31)12-20(19)26(22)29/h1-12,29H,13H2,(H,24,28). The van der Waals surface area contributed by atoms with Crippen molar-refractivity contribution in [1.82, 2.24) is 9.71 Å². The highest BCUT2D eigenvalue weighted by Crippen LogP contribution is 2.28. The number of carbonyl (C=O) groups excluding carboxylic acids is 1. The molecule has 9 heteroatoms. The lowest BCUT2D eigenvalue weighted by molar-refractivity contribution is -0.384. The summed E-state index contributed by atoms with van der Waals surface area (Å²) in [6, 6.07) is 18.3. The first kappa shape index (κ1) is 19.3. The Kier molecular flexibility index (Phi) is 4.55. The molecule has 9 nitrogen and oxygen atoms in total. The Morgan fingerprint density at radius 2 is 1.91 bits per heavy atom. The first-order chi connectivity index (χ1) is 15.5. The highest BCUT2D eigenvalue weighted by Gasteiger charge is 2.18. The third-order valence-corrected chi connectivity index (χ3v) is 5.15. The minimum Gasteiger partial charge on any atom is -0.488 e. The molecule has 1 amide bonds. The molecule has 0 saturated carbocycles. The highest BCUT2D eigenvalue weighted by molar-refractivity contribution is 6.07. The van der Waals surface area contributed by atoms with Gasteiger partial charge >= 0.3 is 0 Å². The van der Waals surface area contributed by atoms with E-state index in [-0.39, 0.29) is 29.5 Å². The maximum Gasteiger partial charge on any atom is 0.271 e. The number of anilines is 1. The summed E-state index contributed by atoms with van der Waals surface area (Å²) in [5.74, 6) is 0.706. The number of nitro groups is 1. The van der Waals surface area contributed by atoms with E-state index in [1.165, 1.54) is 18.2 Å². The normalized spacial score (nSPS) is 12.6. The van der Waals surface area contributed by atoms with Crippen LogP contribution >= 0.6 is 0 Å². The van der Waals surface area contributed by atoms with Gasteiger partial charge in [0.1, 0.15) is 17.9 Å². The molecular formula is C23H16N4O5. The molecule has 4 aromatic rings. The van der Waals surface area contributed by atoms with Crippen LogP contribution in [0.25, 0.3) is 28.5 Å². The number of nitrogens with zero attached hydrogens (tertiary/aromatic N) is 3. The summed E-state index contributed by atoms with van der Waals surface area (Å²) in [5.41, 5.74) is 3.02. The third-order valence-electron chi connectivity index (χ3n) is 5.15. The lowest BCUT2D eigenvalue weighted by atomic mass is 10.1. The van der Waals surface area contributed by atoms with E-state index < -0.39 is 4.92 Å². The molecule has 0 fully saturated rings. The van der Waals surface area contributed by atoms with Crippen molar-refractivity contribution < 1.29 is 19.7 Å². The molecule has 0 radical (unpaired) electrons. The van der Waals surface area contributed by atoms with Gasteiger partial charge in [0.15, 0.2) is 5.82 Å². The predicted octanol–water partition coefficient (Wildman–Crippen LogP) is 4.26. The van der Waals surface area contributed by atoms with Gasteiger partial charge in [0, 0.05) is 28.9 Å². The van der Waals surface area contributed by atoms with E-state index in [1.807, 2.05) is 24.3 Å². The summed E-state index contributed by atoms with van der Waals surface area (Å²) in [4.78, 5) is 27.4. The first-order valence-corrected chi connectivity index (χ1v) is 9.70. The van der Waals surface area contributed by atoms with Crippen LogP contribution in [0.2, 0.25) is 0 Å². The molecule has 2 heterocycles. The number of amides is 1. The summed E-state index contributed by atoms with van der Waals surface area (Å²) in [5, 5.41) is 24.3. The third kappa shape index (κ3) is 3.41. The van der Waals surface area contributed by atoms with Gasteiger partial charge in [0.2, 0.25) is 0 Å². The monoisotopic (exact) mass is 428 g/mol. The Morgan fingerprint density at radius 3 is 2.69 bits per heavy atom. The van der Waals surface area contributed by atoms with E-state index >= 15 is 0 Å². The molecule has 0 atom stereocenters. The summed E-state index contributed by atoms with van der Waals surface area (Å²) in [6.07, 6.45) is 1.80. The quantitative estimate of drug-likeness (QED) is 0.285. The number of hydrogen-bond acceptors (Lipinski definition) is 6. The van der Waals surface area contributed by atoms with Crippen LogP contribution in [0.1, 0.15) is 5.56 Å².